The minimum Gasteiger partial charge on any atom is -0.308 e. The van der Waals surface area contributed by atoms with E-state index >= 15 is 0 Å². The number of hydrogen-bond acceptors (Lipinski definition) is 4. The van der Waals surface area contributed by atoms with E-state index in [9.17, 15) is 9.59 Å². The summed E-state index contributed by atoms with van der Waals surface area (Å²) in [7, 11) is 0. The fourth-order valence-electron chi connectivity index (χ4n) is 2.93. The maximum absolute atomic E-state index is 12.3. The standard InChI is InChI=1S/C23H20N4O2S/c1-2-15-8-10-17(11-9-15)24-22(29)25-18-12-13-19-20(14-18)30-23(26-19)27-21(28)16-6-4-3-5-7-16/h3-14H,2H2,1H3,(H2,24,25,29)(H,26,27,28). The maximum atomic E-state index is 12.3. The highest BCUT2D eigenvalue weighted by molar-refractivity contribution is 7.22. The fraction of sp³-hybridized carbons (Fsp3) is 0.0870. The van der Waals surface area contributed by atoms with E-state index in [4.69, 9.17) is 0 Å². The summed E-state index contributed by atoms with van der Waals surface area (Å²) < 4.78 is 0.864. The minimum absolute atomic E-state index is 0.207. The van der Waals surface area contributed by atoms with Crippen molar-refractivity contribution in [2.45, 2.75) is 13.3 Å². The number of nitrogens with one attached hydrogen (secondary N) is 3. The maximum Gasteiger partial charge on any atom is 0.323 e. The molecule has 3 N–H and O–H groups in total. The van der Waals surface area contributed by atoms with Gasteiger partial charge < -0.3 is 10.6 Å². The molecule has 4 rings (SSSR count). The largest absolute Gasteiger partial charge is 0.323 e. The van der Waals surface area contributed by atoms with Crippen molar-refractivity contribution < 1.29 is 9.59 Å². The zero-order valence-corrected chi connectivity index (χ0v) is 17.1. The zero-order valence-electron chi connectivity index (χ0n) is 16.3. The average Bonchev–Trinajstić information content (AvgIpc) is 3.16. The van der Waals surface area contributed by atoms with Crippen molar-refractivity contribution in [2.75, 3.05) is 16.0 Å². The first-order chi connectivity index (χ1) is 14.6. The summed E-state index contributed by atoms with van der Waals surface area (Å²) in [5.74, 6) is -0.207. The number of nitrogens with zero attached hydrogens (tertiary/aromatic N) is 1. The third kappa shape index (κ3) is 4.64. The highest BCUT2D eigenvalue weighted by Gasteiger charge is 2.11. The van der Waals surface area contributed by atoms with Crippen molar-refractivity contribution in [3.05, 3.63) is 83.9 Å². The van der Waals surface area contributed by atoms with Gasteiger partial charge in [-0.1, -0.05) is 48.6 Å². The number of aromatic nitrogens is 1. The Morgan fingerprint density at radius 2 is 1.57 bits per heavy atom. The molecule has 6 nitrogen and oxygen atoms in total. The Morgan fingerprint density at radius 3 is 2.30 bits per heavy atom. The van der Waals surface area contributed by atoms with Crippen molar-refractivity contribution in [1.29, 1.82) is 0 Å². The van der Waals surface area contributed by atoms with Gasteiger partial charge in [0.15, 0.2) is 5.13 Å². The molecule has 0 unspecified atom stereocenters. The summed E-state index contributed by atoms with van der Waals surface area (Å²) in [5, 5.41) is 8.98. The molecule has 0 saturated heterocycles. The molecule has 0 fully saturated rings. The number of aryl methyl sites for hydroxylation is 1. The number of carbonyl (C=O) groups is 2. The lowest BCUT2D eigenvalue weighted by Crippen LogP contribution is -2.19. The van der Waals surface area contributed by atoms with Crippen LogP contribution >= 0.6 is 11.3 Å². The monoisotopic (exact) mass is 416 g/mol. The van der Waals surface area contributed by atoms with E-state index in [1.165, 1.54) is 16.9 Å². The van der Waals surface area contributed by atoms with E-state index in [-0.39, 0.29) is 11.9 Å². The van der Waals surface area contributed by atoms with Crippen molar-refractivity contribution in [2.24, 2.45) is 0 Å². The number of carbonyl (C=O) groups excluding carboxylic acids is 2. The van der Waals surface area contributed by atoms with E-state index in [0.29, 0.717) is 16.4 Å². The van der Waals surface area contributed by atoms with Crippen molar-refractivity contribution in [1.82, 2.24) is 4.98 Å². The number of rotatable bonds is 5. The van der Waals surface area contributed by atoms with Crippen LogP contribution in [0.5, 0.6) is 0 Å². The van der Waals surface area contributed by atoms with Gasteiger partial charge in [0.25, 0.3) is 5.91 Å². The number of fused-ring (bicyclic) bond motifs is 1. The highest BCUT2D eigenvalue weighted by atomic mass is 32.1. The first-order valence-corrected chi connectivity index (χ1v) is 10.4. The van der Waals surface area contributed by atoms with Gasteiger partial charge in [-0.3, -0.25) is 10.1 Å². The lowest BCUT2D eigenvalue weighted by atomic mass is 10.1. The Morgan fingerprint density at radius 1 is 0.867 bits per heavy atom. The topological polar surface area (TPSA) is 83.1 Å². The molecule has 1 aromatic heterocycles. The summed E-state index contributed by atoms with van der Waals surface area (Å²) in [4.78, 5) is 29.0. The second-order valence-corrected chi connectivity index (χ2v) is 7.68. The molecule has 0 aliphatic heterocycles. The van der Waals surface area contributed by atoms with Gasteiger partial charge in [-0.2, -0.15) is 0 Å². The molecule has 0 radical (unpaired) electrons. The highest BCUT2D eigenvalue weighted by Crippen LogP contribution is 2.28. The van der Waals surface area contributed by atoms with Crippen LogP contribution < -0.4 is 16.0 Å². The molecular weight excluding hydrogens is 396 g/mol. The SMILES string of the molecule is CCc1ccc(NC(=O)Nc2ccc3nc(NC(=O)c4ccccc4)sc3c2)cc1. The minimum atomic E-state index is -0.319. The molecule has 0 aliphatic rings. The van der Waals surface area contributed by atoms with Gasteiger partial charge in [-0.25, -0.2) is 9.78 Å². The predicted molar refractivity (Wildman–Crippen MR) is 122 cm³/mol. The second kappa shape index (κ2) is 8.75. The lowest BCUT2D eigenvalue weighted by Gasteiger charge is -2.08. The molecule has 0 spiro atoms. The van der Waals surface area contributed by atoms with Crippen LogP contribution in [-0.4, -0.2) is 16.9 Å². The Bertz CT molecular complexity index is 1190. The molecule has 150 valence electrons. The summed E-state index contributed by atoms with van der Waals surface area (Å²) in [6.07, 6.45) is 0.954. The van der Waals surface area contributed by atoms with Crippen LogP contribution in [0.3, 0.4) is 0 Å². The quantitative estimate of drug-likeness (QED) is 0.387. The Balaban J connectivity index is 1.42. The molecular formula is C23H20N4O2S. The van der Waals surface area contributed by atoms with Crippen LogP contribution in [0.15, 0.2) is 72.8 Å². The number of amides is 3. The third-order valence-electron chi connectivity index (χ3n) is 4.52. The molecule has 0 aliphatic carbocycles. The predicted octanol–water partition coefficient (Wildman–Crippen LogP) is 5.76. The fourth-order valence-corrected chi connectivity index (χ4v) is 3.83. The van der Waals surface area contributed by atoms with Crippen molar-refractivity contribution >= 4 is 50.0 Å². The van der Waals surface area contributed by atoms with Crippen LogP contribution in [0, 0.1) is 0 Å². The third-order valence-corrected chi connectivity index (χ3v) is 5.46. The Kier molecular flexibility index (Phi) is 5.72. The van der Waals surface area contributed by atoms with Gasteiger partial charge in [0, 0.05) is 16.9 Å². The van der Waals surface area contributed by atoms with Gasteiger partial charge in [0.05, 0.1) is 10.2 Å². The van der Waals surface area contributed by atoms with E-state index < -0.39 is 0 Å². The lowest BCUT2D eigenvalue weighted by molar-refractivity contribution is 0.102. The van der Waals surface area contributed by atoms with E-state index in [1.54, 1.807) is 18.2 Å². The van der Waals surface area contributed by atoms with Gasteiger partial charge in [-0.05, 0) is 54.4 Å². The van der Waals surface area contributed by atoms with Crippen molar-refractivity contribution in [3.8, 4) is 0 Å². The molecule has 0 atom stereocenters. The van der Waals surface area contributed by atoms with Gasteiger partial charge in [0.2, 0.25) is 0 Å². The summed E-state index contributed by atoms with van der Waals surface area (Å²) in [6.45, 7) is 2.09. The molecule has 3 aromatic carbocycles. The van der Waals surface area contributed by atoms with Crippen molar-refractivity contribution in [3.63, 3.8) is 0 Å². The number of urea groups is 1. The number of benzene rings is 3. The van der Waals surface area contributed by atoms with Gasteiger partial charge in [0.1, 0.15) is 0 Å². The Labute approximate surface area is 178 Å². The molecule has 7 heteroatoms. The second-order valence-electron chi connectivity index (χ2n) is 6.65. The van der Waals surface area contributed by atoms with Crippen LogP contribution in [-0.2, 0) is 6.42 Å². The molecule has 3 amide bonds. The first-order valence-electron chi connectivity index (χ1n) is 9.54. The first kappa shape index (κ1) is 19.6. The summed E-state index contributed by atoms with van der Waals surface area (Å²) in [5.41, 5.74) is 3.92. The summed E-state index contributed by atoms with van der Waals surface area (Å²) >= 11 is 1.35. The molecule has 1 heterocycles. The average molecular weight is 417 g/mol. The molecule has 0 bridgehead atoms. The van der Waals surface area contributed by atoms with Gasteiger partial charge in [-0.15, -0.1) is 0 Å². The smallest absolute Gasteiger partial charge is 0.308 e. The normalized spacial score (nSPS) is 10.6. The van der Waals surface area contributed by atoms with E-state index in [2.05, 4.69) is 27.9 Å². The number of anilines is 3. The number of thiazole rings is 1. The van der Waals surface area contributed by atoms with Crippen LogP contribution in [0.2, 0.25) is 0 Å². The van der Waals surface area contributed by atoms with Crippen LogP contribution in [0.1, 0.15) is 22.8 Å². The molecule has 4 aromatic rings. The van der Waals surface area contributed by atoms with Gasteiger partial charge >= 0.3 is 6.03 Å². The zero-order chi connectivity index (χ0) is 20.9. The van der Waals surface area contributed by atoms with Crippen LogP contribution in [0.4, 0.5) is 21.3 Å². The van der Waals surface area contributed by atoms with E-state index in [1.807, 2.05) is 54.6 Å². The summed E-state index contributed by atoms with van der Waals surface area (Å²) in [6, 6.07) is 21.8. The van der Waals surface area contributed by atoms with Crippen LogP contribution in [0.25, 0.3) is 10.2 Å². The molecule has 30 heavy (non-hydrogen) atoms. The molecule has 0 saturated carbocycles. The number of hydrogen-bond donors (Lipinski definition) is 3. The Hall–Kier alpha value is -3.71. The van der Waals surface area contributed by atoms with E-state index in [0.717, 1.165) is 22.3 Å².